The molecule has 1 aliphatic rings. The van der Waals surface area contributed by atoms with Crippen molar-refractivity contribution >= 4 is 11.4 Å². The Hall–Kier alpha value is -3.34. The Morgan fingerprint density at radius 2 is 1.84 bits per heavy atom. The molecular formula is C20H15N5. The molecule has 0 radical (unpaired) electrons. The van der Waals surface area contributed by atoms with E-state index in [2.05, 4.69) is 28.2 Å². The van der Waals surface area contributed by atoms with Crippen LogP contribution in [0.2, 0.25) is 0 Å². The van der Waals surface area contributed by atoms with Crippen LogP contribution in [0.15, 0.2) is 61.2 Å². The van der Waals surface area contributed by atoms with Crippen molar-refractivity contribution in [3.05, 3.63) is 72.3 Å². The van der Waals surface area contributed by atoms with Gasteiger partial charge >= 0.3 is 0 Å². The normalized spacial score (nSPS) is 13.4. The fourth-order valence-corrected chi connectivity index (χ4v) is 3.51. The van der Waals surface area contributed by atoms with E-state index in [1.165, 1.54) is 5.56 Å². The van der Waals surface area contributed by atoms with E-state index in [1.807, 2.05) is 28.9 Å². The van der Waals surface area contributed by atoms with Crippen molar-refractivity contribution in [2.75, 3.05) is 0 Å². The summed E-state index contributed by atoms with van der Waals surface area (Å²) < 4.78 is 1.82. The van der Waals surface area contributed by atoms with Crippen molar-refractivity contribution in [2.24, 2.45) is 0 Å². The van der Waals surface area contributed by atoms with E-state index < -0.39 is 0 Å². The van der Waals surface area contributed by atoms with E-state index in [9.17, 15) is 0 Å². The summed E-state index contributed by atoms with van der Waals surface area (Å²) >= 11 is 0. The van der Waals surface area contributed by atoms with E-state index in [-0.39, 0.29) is 0 Å². The van der Waals surface area contributed by atoms with Crippen LogP contribution in [-0.2, 0) is 6.42 Å². The zero-order valence-corrected chi connectivity index (χ0v) is 13.5. The molecule has 0 saturated carbocycles. The average Bonchev–Trinajstić information content (AvgIpc) is 3.23. The molecule has 0 unspecified atom stereocenters. The van der Waals surface area contributed by atoms with Gasteiger partial charge in [0.15, 0.2) is 5.65 Å². The first-order valence-electron chi connectivity index (χ1n) is 8.26. The molecule has 25 heavy (non-hydrogen) atoms. The van der Waals surface area contributed by atoms with E-state index in [0.717, 1.165) is 52.1 Å². The molecule has 5 heteroatoms. The Kier molecular flexibility index (Phi) is 3.00. The number of rotatable bonds is 2. The quantitative estimate of drug-likeness (QED) is 0.610. The first-order chi connectivity index (χ1) is 12.3. The lowest BCUT2D eigenvalue weighted by atomic mass is 9.98. The van der Waals surface area contributed by atoms with Crippen LogP contribution < -0.4 is 0 Å². The molecule has 0 aliphatic heterocycles. The van der Waals surface area contributed by atoms with Crippen LogP contribution >= 0.6 is 0 Å². The summed E-state index contributed by atoms with van der Waals surface area (Å²) in [5, 5.41) is 12.8. The van der Waals surface area contributed by atoms with Crippen LogP contribution in [0, 0.1) is 5.41 Å². The summed E-state index contributed by atoms with van der Waals surface area (Å²) in [6.07, 6.45) is 9.02. The third-order valence-electron chi connectivity index (χ3n) is 4.71. The van der Waals surface area contributed by atoms with Gasteiger partial charge in [-0.25, -0.2) is 9.50 Å². The van der Waals surface area contributed by atoms with Crippen molar-refractivity contribution in [1.29, 1.82) is 5.41 Å². The number of benzene rings is 1. The Labute approximate surface area is 144 Å². The van der Waals surface area contributed by atoms with Gasteiger partial charge in [0.2, 0.25) is 0 Å². The molecule has 0 fully saturated rings. The lowest BCUT2D eigenvalue weighted by Crippen LogP contribution is -1.92. The highest BCUT2D eigenvalue weighted by Crippen LogP contribution is 2.36. The number of aryl methyl sites for hydroxylation is 1. The maximum absolute atomic E-state index is 8.05. The topological polar surface area (TPSA) is 66.9 Å². The van der Waals surface area contributed by atoms with Crippen molar-refractivity contribution in [3.63, 3.8) is 0 Å². The Balaban J connectivity index is 1.79. The average molecular weight is 325 g/mol. The SMILES string of the molecule is N=C1CCc2cc(-c3c(-c4ccncc4)nn4cccnc34)ccc21. The number of aromatic nitrogens is 4. The zero-order chi connectivity index (χ0) is 16.8. The summed E-state index contributed by atoms with van der Waals surface area (Å²) in [5.41, 5.74) is 7.90. The third-order valence-corrected chi connectivity index (χ3v) is 4.71. The molecule has 5 nitrogen and oxygen atoms in total. The van der Waals surface area contributed by atoms with Gasteiger partial charge < -0.3 is 5.41 Å². The maximum atomic E-state index is 8.05. The Morgan fingerprint density at radius 1 is 0.960 bits per heavy atom. The van der Waals surface area contributed by atoms with Gasteiger partial charge in [-0.15, -0.1) is 0 Å². The van der Waals surface area contributed by atoms with Crippen LogP contribution in [0.5, 0.6) is 0 Å². The van der Waals surface area contributed by atoms with Crippen molar-refractivity contribution in [1.82, 2.24) is 19.6 Å². The molecule has 0 bridgehead atoms. The predicted molar refractivity (Wildman–Crippen MR) is 96.8 cm³/mol. The molecule has 120 valence electrons. The molecule has 4 aromatic rings. The highest BCUT2D eigenvalue weighted by atomic mass is 15.2. The van der Waals surface area contributed by atoms with Crippen LogP contribution in [-0.4, -0.2) is 25.3 Å². The summed E-state index contributed by atoms with van der Waals surface area (Å²) in [4.78, 5) is 8.66. The van der Waals surface area contributed by atoms with Crippen LogP contribution in [0.25, 0.3) is 28.0 Å². The number of hydrogen-bond acceptors (Lipinski definition) is 4. The van der Waals surface area contributed by atoms with Crippen molar-refractivity contribution in [3.8, 4) is 22.4 Å². The van der Waals surface area contributed by atoms with E-state index in [0.29, 0.717) is 0 Å². The minimum absolute atomic E-state index is 0.730. The molecule has 0 atom stereocenters. The molecule has 0 saturated heterocycles. The predicted octanol–water partition coefficient (Wildman–Crippen LogP) is 3.77. The summed E-state index contributed by atoms with van der Waals surface area (Å²) in [7, 11) is 0. The lowest BCUT2D eigenvalue weighted by molar-refractivity contribution is 0.943. The first-order valence-corrected chi connectivity index (χ1v) is 8.26. The lowest BCUT2D eigenvalue weighted by Gasteiger charge is -2.06. The molecule has 1 aliphatic carbocycles. The van der Waals surface area contributed by atoms with E-state index in [1.54, 1.807) is 18.6 Å². The number of nitrogens with zero attached hydrogens (tertiary/aromatic N) is 4. The van der Waals surface area contributed by atoms with Crippen molar-refractivity contribution in [2.45, 2.75) is 12.8 Å². The molecular weight excluding hydrogens is 310 g/mol. The van der Waals surface area contributed by atoms with Gasteiger partial charge in [0.25, 0.3) is 0 Å². The number of nitrogens with one attached hydrogen (secondary N) is 1. The standard InChI is InChI=1S/C20H15N5/c21-17-5-3-14-12-15(2-4-16(14)17)18-19(13-6-9-22-10-7-13)24-25-11-1-8-23-20(18)25/h1-2,4,6-12,21H,3,5H2. The van der Waals surface area contributed by atoms with Crippen LogP contribution in [0.1, 0.15) is 17.5 Å². The minimum atomic E-state index is 0.730. The van der Waals surface area contributed by atoms with Crippen LogP contribution in [0.4, 0.5) is 0 Å². The molecule has 0 spiro atoms. The molecule has 1 aromatic carbocycles. The Bertz CT molecular complexity index is 1110. The Morgan fingerprint density at radius 3 is 2.72 bits per heavy atom. The van der Waals surface area contributed by atoms with Gasteiger partial charge in [-0.3, -0.25) is 4.98 Å². The number of fused-ring (bicyclic) bond motifs is 2. The molecule has 3 heterocycles. The van der Waals surface area contributed by atoms with Gasteiger partial charge in [0.1, 0.15) is 5.69 Å². The second-order valence-electron chi connectivity index (χ2n) is 6.20. The monoisotopic (exact) mass is 325 g/mol. The van der Waals surface area contributed by atoms with Gasteiger partial charge in [-0.2, -0.15) is 5.10 Å². The van der Waals surface area contributed by atoms with Crippen molar-refractivity contribution < 1.29 is 0 Å². The van der Waals surface area contributed by atoms with E-state index in [4.69, 9.17) is 10.5 Å². The van der Waals surface area contributed by atoms with Gasteiger partial charge in [0, 0.05) is 36.1 Å². The molecule has 3 aromatic heterocycles. The third kappa shape index (κ3) is 2.16. The first kappa shape index (κ1) is 14.0. The number of pyridine rings is 1. The van der Waals surface area contributed by atoms with Gasteiger partial charge in [-0.05, 0) is 47.7 Å². The smallest absolute Gasteiger partial charge is 0.163 e. The largest absolute Gasteiger partial charge is 0.305 e. The maximum Gasteiger partial charge on any atom is 0.163 e. The second kappa shape index (κ2) is 5.34. The zero-order valence-electron chi connectivity index (χ0n) is 13.5. The highest BCUT2D eigenvalue weighted by molar-refractivity contribution is 6.03. The van der Waals surface area contributed by atoms with E-state index >= 15 is 0 Å². The van der Waals surface area contributed by atoms with Gasteiger partial charge in [0.05, 0.1) is 5.56 Å². The van der Waals surface area contributed by atoms with Gasteiger partial charge in [-0.1, -0.05) is 18.2 Å². The number of hydrogen-bond donors (Lipinski definition) is 1. The molecule has 5 rings (SSSR count). The summed E-state index contributed by atoms with van der Waals surface area (Å²) in [6.45, 7) is 0. The fraction of sp³-hybridized carbons (Fsp3) is 0.100. The minimum Gasteiger partial charge on any atom is -0.305 e. The highest BCUT2D eigenvalue weighted by Gasteiger charge is 2.21. The fourth-order valence-electron chi connectivity index (χ4n) is 3.51. The second-order valence-corrected chi connectivity index (χ2v) is 6.20. The molecule has 1 N–H and O–H groups in total. The summed E-state index contributed by atoms with van der Waals surface area (Å²) in [5.74, 6) is 0. The molecule has 0 amide bonds. The summed E-state index contributed by atoms with van der Waals surface area (Å²) in [6, 6.07) is 12.1. The van der Waals surface area contributed by atoms with Crippen LogP contribution in [0.3, 0.4) is 0 Å².